The minimum Gasteiger partial charge on any atom is -0.459 e. The number of ether oxygens (including phenoxy) is 1. The van der Waals surface area contributed by atoms with Gasteiger partial charge < -0.3 is 4.74 Å². The van der Waals surface area contributed by atoms with Crippen LogP contribution in [0.4, 0.5) is 0 Å². The molecule has 1 saturated heterocycles. The Hall–Kier alpha value is -0.610. The number of esters is 1. The van der Waals surface area contributed by atoms with Crippen molar-refractivity contribution in [3.63, 3.8) is 0 Å². The van der Waals surface area contributed by atoms with Gasteiger partial charge in [-0.2, -0.15) is 0 Å². The summed E-state index contributed by atoms with van der Waals surface area (Å²) in [6, 6.07) is 0. The van der Waals surface area contributed by atoms with Crippen LogP contribution < -0.4 is 5.32 Å². The summed E-state index contributed by atoms with van der Waals surface area (Å²) in [7, 11) is 3.68. The lowest BCUT2D eigenvalue weighted by Gasteiger charge is -2.25. The lowest BCUT2D eigenvalue weighted by molar-refractivity contribution is -0.152. The molecule has 0 unspecified atom stereocenters. The third kappa shape index (κ3) is 2.86. The van der Waals surface area contributed by atoms with Gasteiger partial charge in [0.15, 0.2) is 0 Å². The van der Waals surface area contributed by atoms with Crippen molar-refractivity contribution in [2.75, 3.05) is 33.7 Å². The van der Waals surface area contributed by atoms with Crippen molar-refractivity contribution in [1.29, 1.82) is 0 Å². The van der Waals surface area contributed by atoms with Crippen molar-refractivity contribution < 1.29 is 9.53 Å². The molecule has 0 aromatic rings. The van der Waals surface area contributed by atoms with E-state index in [1.165, 1.54) is 0 Å². The van der Waals surface area contributed by atoms with Crippen molar-refractivity contribution in [2.45, 2.75) is 6.10 Å². The first-order valence-corrected chi connectivity index (χ1v) is 3.66. The van der Waals surface area contributed by atoms with Crippen LogP contribution in [-0.2, 0) is 9.53 Å². The topological polar surface area (TPSA) is 43.6 Å². The maximum Gasteiger partial charge on any atom is 0.320 e. The molecule has 0 atom stereocenters. The first-order chi connectivity index (χ1) is 5.18. The van der Waals surface area contributed by atoms with Gasteiger partial charge in [0.1, 0.15) is 6.10 Å². The van der Waals surface area contributed by atoms with Crippen LogP contribution in [-0.4, -0.2) is 50.7 Å². The Bertz CT molecular complexity index is 143. The number of nitrogens with zero attached hydrogens (tertiary/aromatic N) is 2. The molecule has 63 valence electrons. The Balaban J connectivity index is 2.09. The second-order valence-electron chi connectivity index (χ2n) is 2.94. The highest BCUT2D eigenvalue weighted by atomic mass is 16.5. The summed E-state index contributed by atoms with van der Waals surface area (Å²) in [5.41, 5.74) is 0. The van der Waals surface area contributed by atoms with E-state index in [4.69, 9.17) is 4.74 Å². The Labute approximate surface area is 66.5 Å². The zero-order valence-electron chi connectivity index (χ0n) is 6.91. The smallest absolute Gasteiger partial charge is 0.320 e. The van der Waals surface area contributed by atoms with Gasteiger partial charge in [-0.15, -0.1) is 0 Å². The monoisotopic (exact) mass is 157 g/mol. The molecule has 0 aliphatic carbocycles. The molecule has 1 aliphatic rings. The second-order valence-corrected chi connectivity index (χ2v) is 2.94. The normalized spacial score (nSPS) is 18.1. The van der Waals surface area contributed by atoms with Crippen LogP contribution in [0.2, 0.25) is 0 Å². The van der Waals surface area contributed by atoms with Crippen molar-refractivity contribution in [3.05, 3.63) is 0 Å². The Morgan fingerprint density at radius 2 is 2.27 bits per heavy atom. The number of hydrogen-bond donors (Lipinski definition) is 0. The van der Waals surface area contributed by atoms with E-state index in [0.29, 0.717) is 19.6 Å². The van der Waals surface area contributed by atoms with Crippen LogP contribution in [0.5, 0.6) is 0 Å². The van der Waals surface area contributed by atoms with Crippen LogP contribution in [0, 0.1) is 0 Å². The van der Waals surface area contributed by atoms with Gasteiger partial charge in [0.2, 0.25) is 0 Å². The van der Waals surface area contributed by atoms with Crippen LogP contribution in [0.3, 0.4) is 0 Å². The summed E-state index contributed by atoms with van der Waals surface area (Å²) in [4.78, 5) is 12.7. The van der Waals surface area contributed by atoms with Gasteiger partial charge in [-0.05, 0) is 14.1 Å². The van der Waals surface area contributed by atoms with E-state index in [1.54, 1.807) is 4.90 Å². The molecule has 1 aliphatic heterocycles. The Morgan fingerprint density at radius 1 is 1.64 bits per heavy atom. The van der Waals surface area contributed by atoms with Gasteiger partial charge in [0, 0.05) is 0 Å². The van der Waals surface area contributed by atoms with Gasteiger partial charge in [-0.1, -0.05) is 0 Å². The minimum atomic E-state index is -0.157. The highest BCUT2D eigenvalue weighted by Crippen LogP contribution is 2.00. The van der Waals surface area contributed by atoms with Crippen LogP contribution in [0.25, 0.3) is 0 Å². The Morgan fingerprint density at radius 3 is 2.64 bits per heavy atom. The van der Waals surface area contributed by atoms with E-state index >= 15 is 0 Å². The molecule has 4 heteroatoms. The number of carbonyl (C=O) groups excluding carboxylic acids is 1. The van der Waals surface area contributed by atoms with E-state index in [2.05, 4.69) is 5.32 Å². The number of hydrogen-bond acceptors (Lipinski definition) is 3. The quantitative estimate of drug-likeness (QED) is 0.497. The lowest BCUT2D eigenvalue weighted by Crippen LogP contribution is -2.45. The zero-order valence-corrected chi connectivity index (χ0v) is 6.91. The summed E-state index contributed by atoms with van der Waals surface area (Å²) >= 11 is 0. The molecule has 4 nitrogen and oxygen atoms in total. The van der Waals surface area contributed by atoms with Crippen molar-refractivity contribution in [3.8, 4) is 0 Å². The molecule has 0 bridgehead atoms. The van der Waals surface area contributed by atoms with E-state index in [0.717, 1.165) is 0 Å². The maximum absolute atomic E-state index is 11.0. The molecule has 1 fully saturated rings. The molecule has 1 radical (unpaired) electrons. The molecular weight excluding hydrogens is 144 g/mol. The van der Waals surface area contributed by atoms with Crippen LogP contribution >= 0.6 is 0 Å². The third-order valence-electron chi connectivity index (χ3n) is 1.41. The first-order valence-electron chi connectivity index (χ1n) is 3.66. The van der Waals surface area contributed by atoms with Gasteiger partial charge in [-0.25, -0.2) is 5.32 Å². The molecule has 11 heavy (non-hydrogen) atoms. The number of rotatable bonds is 3. The largest absolute Gasteiger partial charge is 0.459 e. The molecule has 0 amide bonds. The van der Waals surface area contributed by atoms with E-state index in [9.17, 15) is 4.79 Å². The minimum absolute atomic E-state index is 0.0578. The van der Waals surface area contributed by atoms with Crippen LogP contribution in [0.1, 0.15) is 0 Å². The molecule has 0 saturated carbocycles. The number of carbonyl (C=O) groups is 1. The third-order valence-corrected chi connectivity index (χ3v) is 1.41. The van der Waals surface area contributed by atoms with Crippen LogP contribution in [0.15, 0.2) is 0 Å². The number of likely N-dealkylation sites (N-methyl/N-ethyl adjacent to an activating group) is 1. The first kappa shape index (κ1) is 8.49. The van der Waals surface area contributed by atoms with Crippen molar-refractivity contribution in [2.24, 2.45) is 0 Å². The summed E-state index contributed by atoms with van der Waals surface area (Å²) in [6.45, 7) is 1.72. The molecule has 0 aromatic carbocycles. The van der Waals surface area contributed by atoms with Crippen molar-refractivity contribution in [1.82, 2.24) is 10.2 Å². The summed E-state index contributed by atoms with van der Waals surface area (Å²) in [5.74, 6) is -0.157. The molecule has 0 spiro atoms. The zero-order chi connectivity index (χ0) is 8.27. The van der Waals surface area contributed by atoms with Gasteiger partial charge >= 0.3 is 5.97 Å². The standard InChI is InChI=1S/C7H13N2O2/c1-9(2)5-7(10)11-6-3-8-4-6/h6H,3-5H2,1-2H3. The highest BCUT2D eigenvalue weighted by molar-refractivity contribution is 5.71. The predicted molar refractivity (Wildman–Crippen MR) is 40.3 cm³/mol. The van der Waals surface area contributed by atoms with E-state index < -0.39 is 0 Å². The molecule has 0 N–H and O–H groups in total. The molecule has 1 rings (SSSR count). The van der Waals surface area contributed by atoms with Crippen molar-refractivity contribution >= 4 is 5.97 Å². The fourth-order valence-corrected chi connectivity index (χ4v) is 0.790. The Kier molecular flexibility index (Phi) is 2.84. The van der Waals surface area contributed by atoms with Gasteiger partial charge in [0.25, 0.3) is 0 Å². The molecule has 0 aromatic heterocycles. The fourth-order valence-electron chi connectivity index (χ4n) is 0.790. The van der Waals surface area contributed by atoms with E-state index in [1.807, 2.05) is 14.1 Å². The van der Waals surface area contributed by atoms with E-state index in [-0.39, 0.29) is 12.1 Å². The summed E-state index contributed by atoms with van der Waals surface area (Å²) in [6.07, 6.45) is 0.0578. The van der Waals surface area contributed by atoms with Gasteiger partial charge in [0.05, 0.1) is 19.6 Å². The second kappa shape index (κ2) is 3.69. The fraction of sp³-hybridized carbons (Fsp3) is 0.857. The molecule has 1 heterocycles. The summed E-state index contributed by atoms with van der Waals surface area (Å²) < 4.78 is 5.02. The van der Waals surface area contributed by atoms with Gasteiger partial charge in [-0.3, -0.25) is 9.69 Å². The SMILES string of the molecule is CN(C)CC(=O)OC1C[N]C1. The summed E-state index contributed by atoms with van der Waals surface area (Å²) in [5, 5.41) is 3.94. The lowest BCUT2D eigenvalue weighted by atomic mass is 10.2. The molecular formula is C7H13N2O2. The average Bonchev–Trinajstić information content (AvgIpc) is 1.77. The maximum atomic E-state index is 11.0. The predicted octanol–water partition coefficient (Wildman–Crippen LogP) is -0.922. The average molecular weight is 157 g/mol. The highest BCUT2D eigenvalue weighted by Gasteiger charge is 2.22.